The van der Waals surface area contributed by atoms with Crippen LogP contribution in [0.3, 0.4) is 0 Å². The SMILES string of the molecule is CCC1CCCCCN1C(=O)c1ccc2cc[nH]c2c1. The van der Waals surface area contributed by atoms with E-state index in [1.807, 2.05) is 30.5 Å². The molecule has 20 heavy (non-hydrogen) atoms. The molecule has 1 amide bonds. The molecule has 1 aromatic heterocycles. The molecule has 0 aliphatic carbocycles. The predicted octanol–water partition coefficient (Wildman–Crippen LogP) is 3.96. The van der Waals surface area contributed by atoms with Gasteiger partial charge in [-0.2, -0.15) is 0 Å². The van der Waals surface area contributed by atoms with Crippen LogP contribution in [0.25, 0.3) is 10.9 Å². The van der Waals surface area contributed by atoms with Gasteiger partial charge >= 0.3 is 0 Å². The van der Waals surface area contributed by atoms with E-state index >= 15 is 0 Å². The lowest BCUT2D eigenvalue weighted by Gasteiger charge is -2.29. The van der Waals surface area contributed by atoms with Crippen molar-refractivity contribution in [2.45, 2.75) is 45.1 Å². The standard InChI is InChI=1S/C17H22N2O/c1-2-15-6-4-3-5-11-19(15)17(20)14-8-7-13-9-10-18-16(13)12-14/h7-10,12,15,18H,2-6,11H2,1H3. The van der Waals surface area contributed by atoms with Gasteiger partial charge in [-0.3, -0.25) is 4.79 Å². The number of aromatic nitrogens is 1. The number of nitrogens with zero attached hydrogens (tertiary/aromatic N) is 1. The van der Waals surface area contributed by atoms with Crippen molar-refractivity contribution in [2.75, 3.05) is 6.54 Å². The number of carbonyl (C=O) groups is 1. The van der Waals surface area contributed by atoms with Crippen molar-refractivity contribution < 1.29 is 4.79 Å². The third kappa shape index (κ3) is 2.45. The normalized spacial score (nSPS) is 20.1. The van der Waals surface area contributed by atoms with E-state index in [0.717, 1.165) is 42.3 Å². The maximum atomic E-state index is 12.8. The Morgan fingerprint density at radius 1 is 1.30 bits per heavy atom. The maximum absolute atomic E-state index is 12.8. The van der Waals surface area contributed by atoms with E-state index in [2.05, 4.69) is 16.8 Å². The average molecular weight is 270 g/mol. The Labute approximate surface area is 120 Å². The summed E-state index contributed by atoms with van der Waals surface area (Å²) in [7, 11) is 0. The number of carbonyl (C=O) groups excluding carboxylic acids is 1. The molecule has 3 rings (SSSR count). The summed E-state index contributed by atoms with van der Waals surface area (Å²) in [6, 6.07) is 8.40. The first-order chi connectivity index (χ1) is 9.79. The summed E-state index contributed by atoms with van der Waals surface area (Å²) < 4.78 is 0. The summed E-state index contributed by atoms with van der Waals surface area (Å²) in [4.78, 5) is 18.1. The summed E-state index contributed by atoms with van der Waals surface area (Å²) in [5, 5.41) is 1.16. The van der Waals surface area contributed by atoms with Crippen LogP contribution in [0.4, 0.5) is 0 Å². The molecule has 1 saturated heterocycles. The summed E-state index contributed by atoms with van der Waals surface area (Å²) >= 11 is 0. The fraction of sp³-hybridized carbons (Fsp3) is 0.471. The number of hydrogen-bond acceptors (Lipinski definition) is 1. The molecular formula is C17H22N2O. The van der Waals surface area contributed by atoms with Gasteiger partial charge in [-0.1, -0.05) is 25.8 Å². The largest absolute Gasteiger partial charge is 0.361 e. The highest BCUT2D eigenvalue weighted by Crippen LogP contribution is 2.22. The van der Waals surface area contributed by atoms with Crippen molar-refractivity contribution in [2.24, 2.45) is 0 Å². The van der Waals surface area contributed by atoms with Crippen LogP contribution in [0.15, 0.2) is 30.5 Å². The molecule has 3 heteroatoms. The monoisotopic (exact) mass is 270 g/mol. The van der Waals surface area contributed by atoms with Crippen molar-refractivity contribution in [3.63, 3.8) is 0 Å². The van der Waals surface area contributed by atoms with E-state index in [0.29, 0.717) is 6.04 Å². The zero-order valence-electron chi connectivity index (χ0n) is 12.1. The molecule has 1 fully saturated rings. The van der Waals surface area contributed by atoms with Gasteiger partial charge in [0, 0.05) is 29.9 Å². The van der Waals surface area contributed by atoms with Crippen molar-refractivity contribution in [1.29, 1.82) is 0 Å². The molecule has 1 N–H and O–H groups in total. The second-order valence-electron chi connectivity index (χ2n) is 5.69. The van der Waals surface area contributed by atoms with Crippen LogP contribution < -0.4 is 0 Å². The summed E-state index contributed by atoms with van der Waals surface area (Å²) in [5.41, 5.74) is 1.85. The Bertz CT molecular complexity index is 602. The highest BCUT2D eigenvalue weighted by molar-refractivity contribution is 5.98. The highest BCUT2D eigenvalue weighted by Gasteiger charge is 2.25. The van der Waals surface area contributed by atoms with E-state index in [1.54, 1.807) is 0 Å². The summed E-state index contributed by atoms with van der Waals surface area (Å²) in [5.74, 6) is 0.190. The molecule has 0 spiro atoms. The lowest BCUT2D eigenvalue weighted by atomic mass is 10.1. The Kier molecular flexibility index (Phi) is 3.77. The van der Waals surface area contributed by atoms with Crippen LogP contribution in [0, 0.1) is 0 Å². The summed E-state index contributed by atoms with van der Waals surface area (Å²) in [6.45, 7) is 3.09. The number of amides is 1. The minimum Gasteiger partial charge on any atom is -0.361 e. The van der Waals surface area contributed by atoms with Gasteiger partial charge in [-0.15, -0.1) is 0 Å². The second-order valence-corrected chi connectivity index (χ2v) is 5.69. The molecule has 106 valence electrons. The fourth-order valence-corrected chi connectivity index (χ4v) is 3.22. The van der Waals surface area contributed by atoms with E-state index in [4.69, 9.17) is 0 Å². The number of hydrogen-bond donors (Lipinski definition) is 1. The number of H-pyrrole nitrogens is 1. The number of likely N-dealkylation sites (tertiary alicyclic amines) is 1. The molecule has 1 unspecified atom stereocenters. The minimum atomic E-state index is 0.190. The van der Waals surface area contributed by atoms with Gasteiger partial charge in [0.1, 0.15) is 0 Å². The molecule has 1 atom stereocenters. The van der Waals surface area contributed by atoms with Gasteiger partial charge in [0.2, 0.25) is 0 Å². The van der Waals surface area contributed by atoms with Crippen LogP contribution in [0.1, 0.15) is 49.4 Å². The molecule has 3 nitrogen and oxygen atoms in total. The van der Waals surface area contributed by atoms with Crippen molar-refractivity contribution in [1.82, 2.24) is 9.88 Å². The number of fused-ring (bicyclic) bond motifs is 1. The van der Waals surface area contributed by atoms with Crippen molar-refractivity contribution in [3.05, 3.63) is 36.0 Å². The minimum absolute atomic E-state index is 0.190. The molecule has 1 aliphatic heterocycles. The lowest BCUT2D eigenvalue weighted by Crippen LogP contribution is -2.39. The van der Waals surface area contributed by atoms with Gasteiger partial charge in [-0.25, -0.2) is 0 Å². The van der Waals surface area contributed by atoms with Gasteiger partial charge in [0.05, 0.1) is 0 Å². The number of nitrogens with one attached hydrogen (secondary N) is 1. The molecule has 1 aromatic carbocycles. The Morgan fingerprint density at radius 3 is 3.05 bits per heavy atom. The van der Waals surface area contributed by atoms with Gasteiger partial charge in [0.25, 0.3) is 5.91 Å². The number of benzene rings is 1. The molecule has 1 aliphatic rings. The summed E-state index contributed by atoms with van der Waals surface area (Å²) in [6.07, 6.45) is 7.74. The Morgan fingerprint density at radius 2 is 2.20 bits per heavy atom. The fourth-order valence-electron chi connectivity index (χ4n) is 3.22. The van der Waals surface area contributed by atoms with Crippen LogP contribution in [0.2, 0.25) is 0 Å². The zero-order valence-corrected chi connectivity index (χ0v) is 12.1. The average Bonchev–Trinajstić information content (AvgIpc) is 2.81. The van der Waals surface area contributed by atoms with E-state index in [1.165, 1.54) is 12.8 Å². The van der Waals surface area contributed by atoms with E-state index in [9.17, 15) is 4.79 Å². The predicted molar refractivity (Wildman–Crippen MR) is 81.9 cm³/mol. The number of aromatic amines is 1. The van der Waals surface area contributed by atoms with Crippen molar-refractivity contribution >= 4 is 16.8 Å². The van der Waals surface area contributed by atoms with Gasteiger partial charge in [-0.05, 0) is 42.8 Å². The topological polar surface area (TPSA) is 36.1 Å². The molecule has 0 saturated carbocycles. The van der Waals surface area contributed by atoms with Crippen LogP contribution in [0.5, 0.6) is 0 Å². The number of rotatable bonds is 2. The first-order valence-electron chi connectivity index (χ1n) is 7.67. The zero-order chi connectivity index (χ0) is 13.9. The lowest BCUT2D eigenvalue weighted by molar-refractivity contribution is 0.0678. The van der Waals surface area contributed by atoms with E-state index in [-0.39, 0.29) is 5.91 Å². The van der Waals surface area contributed by atoms with Crippen LogP contribution >= 0.6 is 0 Å². The molecule has 0 radical (unpaired) electrons. The van der Waals surface area contributed by atoms with Gasteiger partial charge < -0.3 is 9.88 Å². The molecule has 0 bridgehead atoms. The van der Waals surface area contributed by atoms with E-state index < -0.39 is 0 Å². The first kappa shape index (κ1) is 13.2. The molecule has 2 aromatic rings. The molecule has 2 heterocycles. The maximum Gasteiger partial charge on any atom is 0.254 e. The van der Waals surface area contributed by atoms with Crippen LogP contribution in [-0.2, 0) is 0 Å². The van der Waals surface area contributed by atoms with Gasteiger partial charge in [0.15, 0.2) is 0 Å². The molecular weight excluding hydrogens is 248 g/mol. The Balaban J connectivity index is 1.88. The highest BCUT2D eigenvalue weighted by atomic mass is 16.2. The Hall–Kier alpha value is -1.77. The third-order valence-electron chi connectivity index (χ3n) is 4.41. The van der Waals surface area contributed by atoms with Crippen molar-refractivity contribution in [3.8, 4) is 0 Å². The second kappa shape index (κ2) is 5.70. The third-order valence-corrected chi connectivity index (χ3v) is 4.41. The smallest absolute Gasteiger partial charge is 0.254 e. The van der Waals surface area contributed by atoms with Crippen LogP contribution in [-0.4, -0.2) is 28.4 Å². The quantitative estimate of drug-likeness (QED) is 0.881. The first-order valence-corrected chi connectivity index (χ1v) is 7.67.